The molecule has 1 aliphatic rings. The number of rotatable bonds is 1. The molecule has 0 saturated carbocycles. The molecule has 4 N–H and O–H groups in total. The molecule has 0 aromatic carbocycles. The minimum Gasteiger partial charge on any atom is -0.392 e. The summed E-state index contributed by atoms with van der Waals surface area (Å²) in [6.45, 7) is 0.794. The quantitative estimate of drug-likeness (QED) is 0.435. The zero-order chi connectivity index (χ0) is 8.48. The van der Waals surface area contributed by atoms with E-state index >= 15 is 0 Å². The first-order chi connectivity index (χ1) is 5.00. The minimum atomic E-state index is -3.48. The van der Waals surface area contributed by atoms with Crippen LogP contribution in [0.5, 0.6) is 0 Å². The van der Waals surface area contributed by atoms with Gasteiger partial charge in [-0.3, -0.25) is 0 Å². The molecule has 1 saturated heterocycles. The van der Waals surface area contributed by atoms with E-state index in [-0.39, 0.29) is 6.42 Å². The third-order valence-electron chi connectivity index (χ3n) is 1.75. The molecule has 6 heteroatoms. The van der Waals surface area contributed by atoms with Crippen LogP contribution in [0.2, 0.25) is 0 Å². The third-order valence-corrected chi connectivity index (χ3v) is 3.04. The first-order valence-electron chi connectivity index (χ1n) is 3.40. The van der Waals surface area contributed by atoms with E-state index in [0.29, 0.717) is 13.1 Å². The van der Waals surface area contributed by atoms with E-state index in [9.17, 15) is 8.42 Å². The van der Waals surface area contributed by atoms with Crippen LogP contribution in [-0.4, -0.2) is 38.0 Å². The van der Waals surface area contributed by atoms with E-state index in [1.54, 1.807) is 0 Å². The maximum Gasteiger partial charge on any atom is 0.213 e. The van der Waals surface area contributed by atoms with E-state index in [1.165, 1.54) is 0 Å². The van der Waals surface area contributed by atoms with Crippen LogP contribution in [0.1, 0.15) is 6.42 Å². The zero-order valence-corrected chi connectivity index (χ0v) is 6.84. The number of β-amino-alcohol motifs (C(OH)–C–C–N with tert-alkyl or cyclic N) is 1. The molecule has 1 heterocycles. The summed E-state index contributed by atoms with van der Waals surface area (Å²) in [5, 5.41) is 16.1. The van der Waals surface area contributed by atoms with Crippen molar-refractivity contribution in [1.29, 1.82) is 0 Å². The number of nitrogens with one attached hydrogen (secondary N) is 1. The van der Waals surface area contributed by atoms with Crippen LogP contribution < -0.4 is 10.5 Å². The molecule has 0 aliphatic carbocycles. The van der Waals surface area contributed by atoms with E-state index in [2.05, 4.69) is 5.32 Å². The lowest BCUT2D eigenvalue weighted by Crippen LogP contribution is -2.47. The molecular formula is C5H12N2O3S. The predicted molar refractivity (Wildman–Crippen MR) is 40.4 cm³/mol. The molecule has 1 rings (SSSR count). The fraction of sp³-hybridized carbons (Fsp3) is 1.00. The highest BCUT2D eigenvalue weighted by atomic mass is 32.2. The smallest absolute Gasteiger partial charge is 0.213 e. The molecule has 1 aliphatic heterocycles. The van der Waals surface area contributed by atoms with Crippen molar-refractivity contribution in [2.45, 2.75) is 17.8 Å². The highest BCUT2D eigenvalue weighted by Gasteiger charge is 2.27. The first kappa shape index (κ1) is 8.92. The molecule has 5 nitrogen and oxygen atoms in total. The molecular weight excluding hydrogens is 168 g/mol. The van der Waals surface area contributed by atoms with Gasteiger partial charge in [-0.1, -0.05) is 0 Å². The Hall–Kier alpha value is -0.170. The van der Waals surface area contributed by atoms with E-state index < -0.39 is 21.4 Å². The average Bonchev–Trinajstić information content (AvgIpc) is 1.86. The Balaban J connectivity index is 2.60. The van der Waals surface area contributed by atoms with Crippen LogP contribution in [0, 0.1) is 0 Å². The van der Waals surface area contributed by atoms with Gasteiger partial charge < -0.3 is 10.4 Å². The molecule has 0 radical (unpaired) electrons. The maximum atomic E-state index is 10.8. The summed E-state index contributed by atoms with van der Waals surface area (Å²) >= 11 is 0. The Labute approximate surface area is 65.6 Å². The summed E-state index contributed by atoms with van der Waals surface area (Å²) in [5.74, 6) is 0. The van der Waals surface area contributed by atoms with Gasteiger partial charge in [-0.25, -0.2) is 13.6 Å². The maximum absolute atomic E-state index is 10.8. The number of aliphatic hydroxyl groups is 1. The fourth-order valence-electron chi connectivity index (χ4n) is 1.13. The lowest BCUT2D eigenvalue weighted by Gasteiger charge is -2.24. The van der Waals surface area contributed by atoms with Gasteiger partial charge in [0.05, 0.1) is 11.4 Å². The third kappa shape index (κ3) is 2.41. The number of hydrogen-bond donors (Lipinski definition) is 3. The number of hydrogen-bond acceptors (Lipinski definition) is 4. The van der Waals surface area contributed by atoms with Crippen molar-refractivity contribution in [2.75, 3.05) is 13.1 Å². The molecule has 0 aromatic rings. The monoisotopic (exact) mass is 180 g/mol. The number of aliphatic hydroxyl groups excluding tert-OH is 1. The van der Waals surface area contributed by atoms with Crippen molar-refractivity contribution in [2.24, 2.45) is 5.14 Å². The summed E-state index contributed by atoms with van der Waals surface area (Å²) in [4.78, 5) is 0. The Bertz CT molecular complexity index is 226. The van der Waals surface area contributed by atoms with Gasteiger partial charge in [-0.2, -0.15) is 0 Å². The van der Waals surface area contributed by atoms with Crippen LogP contribution in [-0.2, 0) is 10.0 Å². The van der Waals surface area contributed by atoms with Crippen LogP contribution in [0.3, 0.4) is 0 Å². The second-order valence-corrected chi connectivity index (χ2v) is 4.60. The van der Waals surface area contributed by atoms with Gasteiger partial charge in [-0.05, 0) is 6.42 Å². The Morgan fingerprint density at radius 3 is 2.45 bits per heavy atom. The minimum absolute atomic E-state index is 0.242. The van der Waals surface area contributed by atoms with E-state index in [4.69, 9.17) is 10.2 Å². The van der Waals surface area contributed by atoms with Crippen molar-refractivity contribution in [3.05, 3.63) is 0 Å². The molecule has 0 bridgehead atoms. The summed E-state index contributed by atoms with van der Waals surface area (Å²) < 4.78 is 21.5. The van der Waals surface area contributed by atoms with Crippen molar-refractivity contribution < 1.29 is 13.5 Å². The van der Waals surface area contributed by atoms with Crippen LogP contribution >= 0.6 is 0 Å². The van der Waals surface area contributed by atoms with Crippen LogP contribution in [0.25, 0.3) is 0 Å². The van der Waals surface area contributed by atoms with E-state index in [0.717, 1.165) is 0 Å². The van der Waals surface area contributed by atoms with Gasteiger partial charge in [0.1, 0.15) is 0 Å². The second-order valence-electron chi connectivity index (χ2n) is 2.76. The zero-order valence-electron chi connectivity index (χ0n) is 6.03. The molecule has 2 atom stereocenters. The molecule has 0 aromatic heterocycles. The number of nitrogens with two attached hydrogens (primary N) is 1. The summed E-state index contributed by atoms with van der Waals surface area (Å²) in [5.41, 5.74) is 0. The van der Waals surface area contributed by atoms with Crippen molar-refractivity contribution >= 4 is 10.0 Å². The van der Waals surface area contributed by atoms with Gasteiger partial charge in [0.25, 0.3) is 0 Å². The van der Waals surface area contributed by atoms with Crippen LogP contribution in [0.4, 0.5) is 0 Å². The van der Waals surface area contributed by atoms with Crippen LogP contribution in [0.15, 0.2) is 0 Å². The van der Waals surface area contributed by atoms with Gasteiger partial charge in [0.15, 0.2) is 0 Å². The lowest BCUT2D eigenvalue weighted by atomic mass is 10.1. The Morgan fingerprint density at radius 2 is 2.09 bits per heavy atom. The summed E-state index contributed by atoms with van der Waals surface area (Å²) in [7, 11) is -3.48. The van der Waals surface area contributed by atoms with Crippen molar-refractivity contribution in [1.82, 2.24) is 5.32 Å². The fourth-order valence-corrected chi connectivity index (χ4v) is 1.97. The largest absolute Gasteiger partial charge is 0.392 e. The van der Waals surface area contributed by atoms with Gasteiger partial charge in [0, 0.05) is 13.1 Å². The number of piperidine rings is 1. The molecule has 0 unspecified atom stereocenters. The Kier molecular flexibility index (Phi) is 2.48. The second kappa shape index (κ2) is 3.06. The number of primary sulfonamides is 1. The number of sulfonamides is 1. The van der Waals surface area contributed by atoms with Crippen molar-refractivity contribution in [3.63, 3.8) is 0 Å². The highest BCUT2D eigenvalue weighted by molar-refractivity contribution is 7.89. The molecule has 11 heavy (non-hydrogen) atoms. The Morgan fingerprint density at radius 1 is 1.45 bits per heavy atom. The van der Waals surface area contributed by atoms with Gasteiger partial charge >= 0.3 is 0 Å². The average molecular weight is 180 g/mol. The van der Waals surface area contributed by atoms with Gasteiger partial charge in [-0.15, -0.1) is 0 Å². The van der Waals surface area contributed by atoms with Gasteiger partial charge in [0.2, 0.25) is 10.0 Å². The molecule has 66 valence electrons. The molecule has 1 fully saturated rings. The molecule has 0 spiro atoms. The topological polar surface area (TPSA) is 92.4 Å². The SMILES string of the molecule is NS(=O)(=O)[C@@H]1CNC[C@@H](O)C1. The highest BCUT2D eigenvalue weighted by Crippen LogP contribution is 2.08. The molecule has 0 amide bonds. The summed E-state index contributed by atoms with van der Waals surface area (Å²) in [6, 6.07) is 0. The van der Waals surface area contributed by atoms with Crippen molar-refractivity contribution in [3.8, 4) is 0 Å². The first-order valence-corrected chi connectivity index (χ1v) is 5.01. The standard InChI is InChI=1S/C5H12N2O3S/c6-11(9,10)5-1-4(8)2-7-3-5/h4-5,7-8H,1-3H2,(H2,6,9,10)/t4-,5-/m0/s1. The summed E-state index contributed by atoms with van der Waals surface area (Å²) in [6.07, 6.45) is -0.349. The normalized spacial score (nSPS) is 33.6. The lowest BCUT2D eigenvalue weighted by molar-refractivity contribution is 0.143. The van der Waals surface area contributed by atoms with E-state index in [1.807, 2.05) is 0 Å². The predicted octanol–water partition coefficient (Wildman–Crippen LogP) is -2.00.